The fraction of sp³-hybridized carbons (Fsp3) is 0.390. The summed E-state index contributed by atoms with van der Waals surface area (Å²) < 4.78 is 17.6. The molecule has 11 aromatic rings. The smallest absolute Gasteiger partial charge is 0.308 e. The van der Waals surface area contributed by atoms with Gasteiger partial charge in [0.25, 0.3) is 5.91 Å². The zero-order chi connectivity index (χ0) is 93.7. The van der Waals surface area contributed by atoms with Crippen LogP contribution in [-0.4, -0.2) is 92.8 Å². The first-order chi connectivity index (χ1) is 60.6. The third kappa shape index (κ3) is 37.5. The zero-order valence-corrected chi connectivity index (χ0v) is 78.4. The number of ketones is 1. The minimum atomic E-state index is -1.28. The van der Waals surface area contributed by atoms with Gasteiger partial charge in [-0.15, -0.1) is 5.10 Å². The highest BCUT2D eigenvalue weighted by atomic mass is 35.5. The molecule has 684 valence electrons. The maximum Gasteiger partial charge on any atom is 0.308 e. The first-order valence-corrected chi connectivity index (χ1v) is 44.7. The molecule has 1 aromatic heterocycles. The van der Waals surface area contributed by atoms with Gasteiger partial charge in [-0.1, -0.05) is 245 Å². The zero-order valence-electron chi connectivity index (χ0n) is 77.6. The Morgan fingerprint density at radius 1 is 0.472 bits per heavy atom. The van der Waals surface area contributed by atoms with Crippen LogP contribution in [0.4, 0.5) is 17.1 Å². The van der Waals surface area contributed by atoms with Crippen molar-refractivity contribution < 1.29 is 74.2 Å². The Morgan fingerprint density at radius 2 is 1.00 bits per heavy atom. The number of hydrogen-bond donors (Lipinski definition) is 11. The van der Waals surface area contributed by atoms with E-state index >= 15 is 0 Å². The SMILES string of the molecule is CC.CC(=O)Oc1ccccc1.CCCCCCCCCCCCCCCCc1cc(O)ccc1O.CCc1cc(CC)cc(OCNc2cc(O)ccc2O)c1.Cc1cc(C)c(O)c(Cc2cc(C)cc(C)c2O)c1.Cc1cc(O)c(C)cc1O.Cc1ccc(OCCCC(=O)Nc2ccc(Cl)c(NC(=O)C(C(=O)C(C)(C)C)n3nnc4ccccc43)c2)c(C)c1. The predicted octanol–water partition coefficient (Wildman–Crippen LogP) is 25.4. The number of benzene rings is 10. The standard InChI is InChI=1S/C31H34ClN5O4.C22H38O2.C17H21NO3.C17H20O2.C8H10O2.C8H8O2.C2H6/c1-19-12-15-26(20(2)17-19)41-16-8-11-27(38)33-21-13-14-22(32)24(18-21)34-30(40)28(29(39)31(3,4)5)37-25-10-7-6-9-23(25)35-36-37;1-2-3-4-5-6-7-8-9-10-11-12-13-14-15-16-20-19-21(23)17-18-22(20)24;1-3-12-7-13(4-2)9-15(8-12)21-11-18-16-10-14(19)5-6-17(16)20;1-10-5-12(3)16(18)14(7-10)9-15-8-11(2)6-13(4)17(15)19;1-5-3-8(10)6(2)4-7(5)9;1-7(9)10-8-5-3-2-4-6-8;1-2/h6-7,9-10,12-15,17-18,28H,8,11,16H2,1-5H3,(H,33,38)(H,34,40);17-19,23-24H,2-16H2,1H3;5-10,18-20H,3-4,11H2,1-2H3;5-8,18-19H,9H2,1-4H3;3-4,9-10H,1-2H3;2-6H,1H3;1-2H3. The summed E-state index contributed by atoms with van der Waals surface area (Å²) in [4.78, 5) is 50.0. The molecule has 0 radical (unpaired) electrons. The van der Waals surface area contributed by atoms with E-state index in [4.69, 9.17) is 36.0 Å². The van der Waals surface area contributed by atoms with E-state index in [1.807, 2.05) is 128 Å². The lowest BCUT2D eigenvalue weighted by molar-refractivity contribution is -0.136. The molecular formula is C105H137ClN6O15. The molecule has 1 atom stereocenters. The van der Waals surface area contributed by atoms with E-state index in [0.29, 0.717) is 76.0 Å². The van der Waals surface area contributed by atoms with E-state index in [1.165, 1.54) is 130 Å². The number of fused-ring (bicyclic) bond motifs is 1. The Hall–Kier alpha value is -12.2. The van der Waals surface area contributed by atoms with Crippen LogP contribution < -0.4 is 30.2 Å². The van der Waals surface area contributed by atoms with Gasteiger partial charge in [0.2, 0.25) is 5.91 Å². The number of aryl methyl sites for hydroxylation is 11. The number of carbonyl (C=O) groups excluding carboxylic acids is 4. The lowest BCUT2D eigenvalue weighted by atomic mass is 9.86. The molecule has 0 aliphatic rings. The largest absolute Gasteiger partial charge is 0.508 e. The molecular weight excluding hydrogens is 1620 g/mol. The first-order valence-electron chi connectivity index (χ1n) is 44.4. The monoisotopic (exact) mass is 1760 g/mol. The quantitative estimate of drug-likeness (QED) is 0.00339. The van der Waals surface area contributed by atoms with Crippen molar-refractivity contribution >= 4 is 63.3 Å². The summed E-state index contributed by atoms with van der Waals surface area (Å²) in [5.74, 6) is 2.59. The predicted molar refractivity (Wildman–Crippen MR) is 515 cm³/mol. The summed E-state index contributed by atoms with van der Waals surface area (Å²) >= 11 is 6.39. The molecule has 11 rings (SSSR count). The summed E-state index contributed by atoms with van der Waals surface area (Å²) in [5.41, 5.74) is 14.1. The van der Waals surface area contributed by atoms with Crippen LogP contribution >= 0.6 is 11.6 Å². The van der Waals surface area contributed by atoms with Crippen LogP contribution in [0.3, 0.4) is 0 Å². The lowest BCUT2D eigenvalue weighted by Crippen LogP contribution is -2.39. The molecule has 10 aromatic carbocycles. The van der Waals surface area contributed by atoms with E-state index in [2.05, 4.69) is 53.1 Å². The highest BCUT2D eigenvalue weighted by Gasteiger charge is 2.38. The number of esters is 1. The number of aromatic nitrogens is 3. The van der Waals surface area contributed by atoms with Crippen LogP contribution in [0, 0.1) is 60.8 Å². The van der Waals surface area contributed by atoms with Gasteiger partial charge in [0, 0.05) is 36.9 Å². The average molecular weight is 1760 g/mol. The molecule has 0 bridgehead atoms. The first kappa shape index (κ1) is 105. The fourth-order valence-electron chi connectivity index (χ4n) is 13.7. The molecule has 127 heavy (non-hydrogen) atoms. The molecule has 1 unspecified atom stereocenters. The number of amides is 2. The lowest BCUT2D eigenvalue weighted by Gasteiger charge is -2.24. The summed E-state index contributed by atoms with van der Waals surface area (Å²) in [6.07, 6.45) is 23.1. The van der Waals surface area contributed by atoms with Crippen LogP contribution in [0.15, 0.2) is 182 Å². The average Bonchev–Trinajstić information content (AvgIpc) is 1.66. The van der Waals surface area contributed by atoms with E-state index in [0.717, 1.165) is 87.3 Å². The van der Waals surface area contributed by atoms with E-state index < -0.39 is 17.4 Å². The third-order valence-corrected chi connectivity index (χ3v) is 21.0. The normalized spacial score (nSPS) is 10.9. The second-order valence-corrected chi connectivity index (χ2v) is 33.1. The minimum Gasteiger partial charge on any atom is -0.508 e. The van der Waals surface area contributed by atoms with Crippen molar-refractivity contribution in [3.63, 3.8) is 0 Å². The highest BCUT2D eigenvalue weighted by molar-refractivity contribution is 6.34. The fourth-order valence-corrected chi connectivity index (χ4v) is 13.9. The van der Waals surface area contributed by atoms with E-state index in [-0.39, 0.29) is 70.3 Å². The molecule has 0 saturated carbocycles. The van der Waals surface area contributed by atoms with Gasteiger partial charge in [0.1, 0.15) is 68.8 Å². The summed E-state index contributed by atoms with van der Waals surface area (Å²) in [6.45, 7) is 33.0. The van der Waals surface area contributed by atoms with Gasteiger partial charge in [-0.05, 0) is 246 Å². The summed E-state index contributed by atoms with van der Waals surface area (Å²) in [5, 5.41) is 93.7. The molecule has 0 saturated heterocycles. The molecule has 22 heteroatoms. The van der Waals surface area contributed by atoms with Crippen LogP contribution in [0.2, 0.25) is 5.02 Å². The van der Waals surface area contributed by atoms with Crippen LogP contribution in [0.1, 0.15) is 243 Å². The van der Waals surface area contributed by atoms with Gasteiger partial charge in [0.05, 0.1) is 28.5 Å². The van der Waals surface area contributed by atoms with Gasteiger partial charge in [-0.25, -0.2) is 4.68 Å². The number of Topliss-reactive ketones (excluding diaryl/α,β-unsaturated/α-hetero) is 1. The topological polar surface area (TPSA) is 325 Å². The number of phenols is 8. The Bertz CT molecular complexity index is 5130. The number of ether oxygens (including phenoxy) is 3. The number of aromatic hydroxyl groups is 8. The number of phenolic OH excluding ortho intramolecular Hbond substituents is 8. The van der Waals surface area contributed by atoms with Crippen LogP contribution in [-0.2, 0) is 44.9 Å². The molecule has 0 spiro atoms. The maximum absolute atomic E-state index is 13.6. The number of unbranched alkanes of at least 4 members (excludes halogenated alkanes) is 13. The number of para-hydroxylation sites is 2. The Kier molecular flexibility index (Phi) is 45.8. The van der Waals surface area contributed by atoms with Crippen molar-refractivity contribution in [1.82, 2.24) is 15.0 Å². The van der Waals surface area contributed by atoms with Gasteiger partial charge >= 0.3 is 5.97 Å². The second kappa shape index (κ2) is 55.3. The summed E-state index contributed by atoms with van der Waals surface area (Å²) in [6, 6.07) is 51.8. The molecule has 0 aliphatic heterocycles. The van der Waals surface area contributed by atoms with Crippen molar-refractivity contribution in [2.45, 2.75) is 252 Å². The number of carbonyl (C=O) groups is 4. The summed E-state index contributed by atoms with van der Waals surface area (Å²) in [7, 11) is 0. The Balaban J connectivity index is 0.000000287. The van der Waals surface area contributed by atoms with E-state index in [1.54, 1.807) is 113 Å². The van der Waals surface area contributed by atoms with Crippen molar-refractivity contribution in [2.24, 2.45) is 5.41 Å². The third-order valence-electron chi connectivity index (χ3n) is 20.6. The highest BCUT2D eigenvalue weighted by Crippen LogP contribution is 2.35. The van der Waals surface area contributed by atoms with Crippen molar-refractivity contribution in [2.75, 3.05) is 29.3 Å². The van der Waals surface area contributed by atoms with Gasteiger partial charge < -0.3 is 71.0 Å². The molecule has 21 nitrogen and oxygen atoms in total. The molecule has 11 N–H and O–H groups in total. The minimum absolute atomic E-state index is 0.0768. The molecule has 0 fully saturated rings. The van der Waals surface area contributed by atoms with E-state index in [9.17, 15) is 49.8 Å². The Morgan fingerprint density at radius 3 is 1.54 bits per heavy atom. The van der Waals surface area contributed by atoms with Gasteiger partial charge in [-0.3, -0.25) is 19.2 Å². The van der Waals surface area contributed by atoms with Crippen molar-refractivity contribution in [3.8, 4) is 63.2 Å². The molecule has 1 heterocycles. The van der Waals surface area contributed by atoms with Crippen molar-refractivity contribution in [1.29, 1.82) is 0 Å². The second-order valence-electron chi connectivity index (χ2n) is 32.7. The number of anilines is 3. The van der Waals surface area contributed by atoms with Gasteiger partial charge in [-0.2, -0.15) is 0 Å². The van der Waals surface area contributed by atoms with Crippen LogP contribution in [0.5, 0.6) is 63.2 Å². The number of rotatable bonds is 34. The van der Waals surface area contributed by atoms with Crippen LogP contribution in [0.25, 0.3) is 11.0 Å². The number of hydrogen-bond acceptors (Lipinski definition) is 18. The van der Waals surface area contributed by atoms with Gasteiger partial charge in [0.15, 0.2) is 18.6 Å². The van der Waals surface area contributed by atoms with Crippen molar-refractivity contribution in [3.05, 3.63) is 259 Å². The molecule has 2 amide bonds. The number of nitrogens with zero attached hydrogens (tertiary/aromatic N) is 3. The molecule has 0 aliphatic carbocycles. The maximum atomic E-state index is 13.6. The number of nitrogens with one attached hydrogen (secondary N) is 3. The Labute approximate surface area is 757 Å². The number of halogens is 1.